The van der Waals surface area contributed by atoms with Gasteiger partial charge >= 0.3 is 6.18 Å². The number of hydrogen-bond acceptors (Lipinski definition) is 6. The molecule has 0 bridgehead atoms. The number of anilines is 2. The maximum atomic E-state index is 12.7. The van der Waals surface area contributed by atoms with E-state index in [1.54, 1.807) is 18.5 Å². The average Bonchev–Trinajstić information content (AvgIpc) is 2.55. The smallest absolute Gasteiger partial charge is 0.350 e. The zero-order valence-corrected chi connectivity index (χ0v) is 12.2. The molecule has 0 saturated carbocycles. The van der Waals surface area contributed by atoms with Gasteiger partial charge in [0.2, 0.25) is 11.9 Å². The third kappa shape index (κ3) is 3.85. The van der Waals surface area contributed by atoms with Crippen LogP contribution >= 0.6 is 0 Å². The van der Waals surface area contributed by atoms with Crippen LogP contribution in [0.1, 0.15) is 18.5 Å². The summed E-state index contributed by atoms with van der Waals surface area (Å²) < 4.78 is 38.1. The minimum Gasteiger partial charge on any atom is -0.350 e. The number of halogens is 3. The van der Waals surface area contributed by atoms with Crippen LogP contribution in [0.3, 0.4) is 0 Å². The Bertz CT molecular complexity index is 648. The van der Waals surface area contributed by atoms with Gasteiger partial charge in [-0.2, -0.15) is 13.2 Å². The fourth-order valence-corrected chi connectivity index (χ4v) is 2.50. The molecule has 1 atom stereocenters. The van der Waals surface area contributed by atoms with Crippen molar-refractivity contribution in [3.05, 3.63) is 36.4 Å². The SMILES string of the molecule is FC(F)(F)c1ccnc(NC2CCCN(c3ncccn3)C2)n1. The monoisotopic (exact) mass is 324 g/mol. The molecule has 0 spiro atoms. The highest BCUT2D eigenvalue weighted by Gasteiger charge is 2.33. The molecular formula is C14H15F3N6. The molecule has 1 fully saturated rings. The summed E-state index contributed by atoms with van der Waals surface area (Å²) in [6, 6.07) is 2.53. The predicted molar refractivity (Wildman–Crippen MR) is 77.9 cm³/mol. The van der Waals surface area contributed by atoms with Gasteiger partial charge in [-0.15, -0.1) is 0 Å². The Morgan fingerprint density at radius 3 is 2.65 bits per heavy atom. The second-order valence-electron chi connectivity index (χ2n) is 5.24. The summed E-state index contributed by atoms with van der Waals surface area (Å²) in [6.07, 6.45) is 1.66. The van der Waals surface area contributed by atoms with E-state index in [-0.39, 0.29) is 12.0 Å². The number of rotatable bonds is 3. The quantitative estimate of drug-likeness (QED) is 0.935. The summed E-state index contributed by atoms with van der Waals surface area (Å²) in [5.74, 6) is 0.601. The fourth-order valence-electron chi connectivity index (χ4n) is 2.50. The second kappa shape index (κ2) is 6.35. The first-order valence-corrected chi connectivity index (χ1v) is 7.21. The molecule has 1 saturated heterocycles. The molecule has 6 nitrogen and oxygen atoms in total. The highest BCUT2D eigenvalue weighted by molar-refractivity contribution is 5.34. The van der Waals surface area contributed by atoms with E-state index in [1.165, 1.54) is 0 Å². The van der Waals surface area contributed by atoms with Gasteiger partial charge in [0.25, 0.3) is 0 Å². The van der Waals surface area contributed by atoms with Crippen molar-refractivity contribution in [2.45, 2.75) is 25.1 Å². The summed E-state index contributed by atoms with van der Waals surface area (Å²) in [5.41, 5.74) is -0.950. The Morgan fingerprint density at radius 2 is 1.91 bits per heavy atom. The Kier molecular flexibility index (Phi) is 4.26. The van der Waals surface area contributed by atoms with Crippen molar-refractivity contribution in [3.8, 4) is 0 Å². The van der Waals surface area contributed by atoms with Crippen LogP contribution in [0.25, 0.3) is 0 Å². The van der Waals surface area contributed by atoms with E-state index in [1.807, 2.05) is 4.90 Å². The van der Waals surface area contributed by atoms with Gasteiger partial charge in [-0.05, 0) is 25.0 Å². The van der Waals surface area contributed by atoms with Crippen molar-refractivity contribution >= 4 is 11.9 Å². The molecule has 122 valence electrons. The van der Waals surface area contributed by atoms with E-state index in [4.69, 9.17) is 0 Å². The first-order valence-electron chi connectivity index (χ1n) is 7.21. The van der Waals surface area contributed by atoms with E-state index in [0.29, 0.717) is 12.5 Å². The molecule has 0 aromatic carbocycles. The molecule has 3 rings (SSSR count). The summed E-state index contributed by atoms with van der Waals surface area (Å²) in [6.45, 7) is 1.40. The van der Waals surface area contributed by atoms with Gasteiger partial charge in [-0.25, -0.2) is 19.9 Å². The molecule has 1 aliphatic heterocycles. The summed E-state index contributed by atoms with van der Waals surface area (Å²) in [7, 11) is 0. The standard InChI is InChI=1S/C14H15F3N6/c15-14(16,17)11-4-7-18-12(22-11)21-10-3-1-8-23(9-10)13-19-5-2-6-20-13/h2,4-7,10H,1,3,8-9H2,(H,18,21,22). The summed E-state index contributed by atoms with van der Waals surface area (Å²) in [4.78, 5) is 17.8. The Hall–Kier alpha value is -2.45. The van der Waals surface area contributed by atoms with Gasteiger partial charge < -0.3 is 10.2 Å². The van der Waals surface area contributed by atoms with E-state index < -0.39 is 11.9 Å². The number of hydrogen-bond donors (Lipinski definition) is 1. The molecule has 0 radical (unpaired) electrons. The van der Waals surface area contributed by atoms with Crippen LogP contribution in [0, 0.1) is 0 Å². The minimum atomic E-state index is -4.48. The van der Waals surface area contributed by atoms with Crippen LogP contribution in [0.5, 0.6) is 0 Å². The van der Waals surface area contributed by atoms with Crippen LogP contribution in [-0.4, -0.2) is 39.1 Å². The number of piperidine rings is 1. The van der Waals surface area contributed by atoms with Crippen LogP contribution in [0.2, 0.25) is 0 Å². The minimum absolute atomic E-state index is 0.0133. The van der Waals surface area contributed by atoms with Crippen molar-refractivity contribution in [2.24, 2.45) is 0 Å². The number of nitrogens with one attached hydrogen (secondary N) is 1. The highest BCUT2D eigenvalue weighted by atomic mass is 19.4. The third-order valence-electron chi connectivity index (χ3n) is 3.54. The van der Waals surface area contributed by atoms with Gasteiger partial charge in [0.05, 0.1) is 0 Å². The molecule has 1 aliphatic rings. The van der Waals surface area contributed by atoms with Crippen molar-refractivity contribution in [1.82, 2.24) is 19.9 Å². The van der Waals surface area contributed by atoms with Crippen molar-refractivity contribution in [3.63, 3.8) is 0 Å². The lowest BCUT2D eigenvalue weighted by atomic mass is 10.1. The molecule has 0 aliphatic carbocycles. The average molecular weight is 324 g/mol. The predicted octanol–water partition coefficient (Wildman–Crippen LogP) is 2.37. The molecule has 0 amide bonds. The van der Waals surface area contributed by atoms with Crippen LogP contribution in [-0.2, 0) is 6.18 Å². The maximum Gasteiger partial charge on any atom is 0.433 e. The summed E-state index contributed by atoms with van der Waals surface area (Å²) in [5, 5.41) is 2.97. The molecule has 2 aromatic heterocycles. The second-order valence-corrected chi connectivity index (χ2v) is 5.24. The van der Waals surface area contributed by atoms with E-state index in [9.17, 15) is 13.2 Å². The molecule has 9 heteroatoms. The zero-order chi connectivity index (χ0) is 16.3. The first kappa shape index (κ1) is 15.4. The van der Waals surface area contributed by atoms with E-state index in [2.05, 4.69) is 25.3 Å². The summed E-state index contributed by atoms with van der Waals surface area (Å²) >= 11 is 0. The lowest BCUT2D eigenvalue weighted by Gasteiger charge is -2.33. The molecule has 3 heterocycles. The lowest BCUT2D eigenvalue weighted by Crippen LogP contribution is -2.43. The fraction of sp³-hybridized carbons (Fsp3) is 0.429. The van der Waals surface area contributed by atoms with Crippen molar-refractivity contribution in [1.29, 1.82) is 0 Å². The Balaban J connectivity index is 1.68. The molecule has 23 heavy (non-hydrogen) atoms. The van der Waals surface area contributed by atoms with Gasteiger partial charge in [0.15, 0.2) is 0 Å². The van der Waals surface area contributed by atoms with Gasteiger partial charge in [-0.1, -0.05) is 0 Å². The maximum absolute atomic E-state index is 12.7. The molecule has 1 N–H and O–H groups in total. The highest BCUT2D eigenvalue weighted by Crippen LogP contribution is 2.28. The first-order chi connectivity index (χ1) is 11.0. The topological polar surface area (TPSA) is 66.8 Å². The molecule has 2 aromatic rings. The van der Waals surface area contributed by atoms with Gasteiger partial charge in [0, 0.05) is 37.7 Å². The van der Waals surface area contributed by atoms with Gasteiger partial charge in [-0.3, -0.25) is 0 Å². The largest absolute Gasteiger partial charge is 0.433 e. The number of alkyl halides is 3. The zero-order valence-electron chi connectivity index (χ0n) is 12.2. The van der Waals surface area contributed by atoms with Crippen LogP contribution in [0.15, 0.2) is 30.7 Å². The number of nitrogens with zero attached hydrogens (tertiary/aromatic N) is 5. The molecular weight excluding hydrogens is 309 g/mol. The Morgan fingerprint density at radius 1 is 1.13 bits per heavy atom. The normalized spacial score (nSPS) is 18.7. The third-order valence-corrected chi connectivity index (χ3v) is 3.54. The number of aromatic nitrogens is 4. The van der Waals surface area contributed by atoms with Gasteiger partial charge in [0.1, 0.15) is 5.69 Å². The molecule has 1 unspecified atom stereocenters. The van der Waals surface area contributed by atoms with E-state index in [0.717, 1.165) is 31.6 Å². The van der Waals surface area contributed by atoms with E-state index >= 15 is 0 Å². The van der Waals surface area contributed by atoms with Crippen molar-refractivity contribution < 1.29 is 13.2 Å². The lowest BCUT2D eigenvalue weighted by molar-refractivity contribution is -0.141. The Labute approximate surface area is 130 Å². The van der Waals surface area contributed by atoms with Crippen molar-refractivity contribution in [2.75, 3.05) is 23.3 Å². The van der Waals surface area contributed by atoms with Crippen LogP contribution in [0.4, 0.5) is 25.1 Å². The van der Waals surface area contributed by atoms with Crippen LogP contribution < -0.4 is 10.2 Å².